The third-order valence-corrected chi connectivity index (χ3v) is 4.89. The molecule has 29 heavy (non-hydrogen) atoms. The number of aromatic nitrogens is 3. The van der Waals surface area contributed by atoms with Gasteiger partial charge in [0.2, 0.25) is 11.1 Å². The topological polar surface area (TPSA) is 121 Å². The number of methoxy groups -OCH3 is 1. The van der Waals surface area contributed by atoms with E-state index in [4.69, 9.17) is 15.3 Å². The van der Waals surface area contributed by atoms with Crippen LogP contribution in [-0.2, 0) is 14.3 Å². The van der Waals surface area contributed by atoms with E-state index in [1.54, 1.807) is 0 Å². The first-order valence-electron chi connectivity index (χ1n) is 9.29. The van der Waals surface area contributed by atoms with Gasteiger partial charge in [-0.05, 0) is 43.5 Å². The van der Waals surface area contributed by atoms with Crippen LogP contribution in [0.25, 0.3) is 11.4 Å². The van der Waals surface area contributed by atoms with Crippen molar-refractivity contribution in [2.75, 3.05) is 25.3 Å². The number of nitrogens with one attached hydrogen (secondary N) is 1. The van der Waals surface area contributed by atoms with E-state index < -0.39 is 12.0 Å². The maximum atomic E-state index is 12.3. The molecule has 0 spiro atoms. The number of carbonyl (C=O) groups excluding carboxylic acids is 2. The number of nitrogens with two attached hydrogens (primary N) is 1. The molecule has 1 heterocycles. The molecule has 1 aromatic carbocycles. The summed E-state index contributed by atoms with van der Waals surface area (Å²) in [5.74, 6) is 6.83. The van der Waals surface area contributed by atoms with Gasteiger partial charge in [-0.1, -0.05) is 25.6 Å². The molecule has 0 saturated heterocycles. The highest BCUT2D eigenvalue weighted by molar-refractivity contribution is 7.99. The second kappa shape index (κ2) is 10.7. The van der Waals surface area contributed by atoms with Gasteiger partial charge in [0.1, 0.15) is 11.8 Å². The molecule has 1 atom stereocenters. The fourth-order valence-corrected chi connectivity index (χ4v) is 3.30. The van der Waals surface area contributed by atoms with Crippen LogP contribution in [0.5, 0.6) is 5.75 Å². The number of benzene rings is 1. The summed E-state index contributed by atoms with van der Waals surface area (Å²) in [5.41, 5.74) is 0.780. The molecule has 0 aliphatic heterocycles. The Bertz CT molecular complexity index is 823. The highest BCUT2D eigenvalue weighted by atomic mass is 32.2. The van der Waals surface area contributed by atoms with E-state index in [9.17, 15) is 9.59 Å². The van der Waals surface area contributed by atoms with E-state index in [-0.39, 0.29) is 17.6 Å². The molecule has 0 bridgehead atoms. The van der Waals surface area contributed by atoms with Crippen LogP contribution in [0.4, 0.5) is 0 Å². The Morgan fingerprint density at radius 2 is 1.93 bits per heavy atom. The van der Waals surface area contributed by atoms with Crippen LogP contribution in [0.15, 0.2) is 29.4 Å². The molecule has 0 aliphatic rings. The smallest absolute Gasteiger partial charge is 0.328 e. The zero-order chi connectivity index (χ0) is 21.4. The molecule has 1 amide bonds. The standard InChI is InChI=1S/C19H27N5O4S/c1-5-28-14-8-6-13(7-9-14)17-22-23-19(24(17)20)29-11-16(25)21-15(10-12(2)3)18(26)27-4/h6-9,12,15H,5,10-11,20H2,1-4H3,(H,21,25)/t15-/m1/s1. The molecule has 158 valence electrons. The van der Waals surface area contributed by atoms with Crippen molar-refractivity contribution in [1.29, 1.82) is 0 Å². The number of amides is 1. The number of carbonyl (C=O) groups is 2. The van der Waals surface area contributed by atoms with Crippen LogP contribution < -0.4 is 15.9 Å². The Morgan fingerprint density at radius 1 is 1.24 bits per heavy atom. The Labute approximate surface area is 174 Å². The molecule has 0 radical (unpaired) electrons. The molecule has 0 fully saturated rings. The molecular weight excluding hydrogens is 394 g/mol. The van der Waals surface area contributed by atoms with Gasteiger partial charge in [0, 0.05) is 5.56 Å². The third-order valence-electron chi connectivity index (χ3n) is 3.95. The first-order chi connectivity index (χ1) is 13.8. The van der Waals surface area contributed by atoms with Gasteiger partial charge in [0.05, 0.1) is 19.5 Å². The van der Waals surface area contributed by atoms with E-state index in [1.165, 1.54) is 11.8 Å². The summed E-state index contributed by atoms with van der Waals surface area (Å²) in [7, 11) is 1.30. The number of thioether (sulfide) groups is 1. The van der Waals surface area contributed by atoms with Gasteiger partial charge in [-0.15, -0.1) is 10.2 Å². The van der Waals surface area contributed by atoms with Crippen molar-refractivity contribution in [3.8, 4) is 17.1 Å². The van der Waals surface area contributed by atoms with Gasteiger partial charge in [0.25, 0.3) is 0 Å². The van der Waals surface area contributed by atoms with Crippen molar-refractivity contribution in [3.63, 3.8) is 0 Å². The summed E-state index contributed by atoms with van der Waals surface area (Å²) in [6.45, 7) is 6.44. The zero-order valence-corrected chi connectivity index (χ0v) is 17.9. The number of esters is 1. The number of nitrogens with zero attached hydrogens (tertiary/aromatic N) is 3. The molecule has 0 unspecified atom stereocenters. The van der Waals surface area contributed by atoms with Gasteiger partial charge in [-0.2, -0.15) is 0 Å². The summed E-state index contributed by atoms with van der Waals surface area (Å²) in [5, 5.41) is 11.2. The molecule has 3 N–H and O–H groups in total. The first kappa shape index (κ1) is 22.5. The van der Waals surface area contributed by atoms with Crippen LogP contribution in [0.2, 0.25) is 0 Å². The molecular formula is C19H27N5O4S. The van der Waals surface area contributed by atoms with Crippen LogP contribution in [0.1, 0.15) is 27.2 Å². The molecule has 9 nitrogen and oxygen atoms in total. The highest BCUT2D eigenvalue weighted by Crippen LogP contribution is 2.23. The maximum absolute atomic E-state index is 12.3. The number of ether oxygens (including phenoxy) is 2. The van der Waals surface area contributed by atoms with E-state index in [1.807, 2.05) is 45.0 Å². The quantitative estimate of drug-likeness (QED) is 0.339. The van der Waals surface area contributed by atoms with Gasteiger partial charge in [-0.3, -0.25) is 4.79 Å². The summed E-state index contributed by atoms with van der Waals surface area (Å²) < 4.78 is 11.5. The van der Waals surface area contributed by atoms with Crippen molar-refractivity contribution in [3.05, 3.63) is 24.3 Å². The average molecular weight is 422 g/mol. The monoisotopic (exact) mass is 421 g/mol. The fraction of sp³-hybridized carbons (Fsp3) is 0.474. The van der Waals surface area contributed by atoms with E-state index in [2.05, 4.69) is 15.5 Å². The lowest BCUT2D eigenvalue weighted by Gasteiger charge is -2.18. The predicted molar refractivity (Wildman–Crippen MR) is 111 cm³/mol. The normalized spacial score (nSPS) is 11.9. The Balaban J connectivity index is 1.98. The van der Waals surface area contributed by atoms with Crippen LogP contribution in [-0.4, -0.2) is 52.3 Å². The Morgan fingerprint density at radius 3 is 2.52 bits per heavy atom. The summed E-state index contributed by atoms with van der Waals surface area (Å²) in [6, 6.07) is 6.66. The highest BCUT2D eigenvalue weighted by Gasteiger charge is 2.23. The minimum Gasteiger partial charge on any atom is -0.494 e. The van der Waals surface area contributed by atoms with E-state index in [0.717, 1.165) is 23.1 Å². The summed E-state index contributed by atoms with van der Waals surface area (Å²) in [6.07, 6.45) is 0.498. The van der Waals surface area contributed by atoms with Crippen LogP contribution in [0.3, 0.4) is 0 Å². The maximum Gasteiger partial charge on any atom is 0.328 e. The molecule has 0 aliphatic carbocycles. The van der Waals surface area contributed by atoms with Crippen LogP contribution >= 0.6 is 11.8 Å². The predicted octanol–water partition coefficient (Wildman–Crippen LogP) is 1.85. The minimum atomic E-state index is -0.678. The lowest BCUT2D eigenvalue weighted by Crippen LogP contribution is -2.43. The minimum absolute atomic E-state index is 0.0458. The Kier molecular flexibility index (Phi) is 8.32. The van der Waals surface area contributed by atoms with Crippen LogP contribution in [0, 0.1) is 5.92 Å². The third kappa shape index (κ3) is 6.38. The Hall–Kier alpha value is -2.75. The molecule has 1 aromatic heterocycles. The molecule has 0 saturated carbocycles. The molecule has 2 aromatic rings. The first-order valence-corrected chi connectivity index (χ1v) is 10.3. The summed E-state index contributed by atoms with van der Waals surface area (Å²) in [4.78, 5) is 24.1. The van der Waals surface area contributed by atoms with Gasteiger partial charge in [0.15, 0.2) is 5.82 Å². The number of rotatable bonds is 10. The van der Waals surface area contributed by atoms with Crippen molar-refractivity contribution in [1.82, 2.24) is 20.2 Å². The fourth-order valence-electron chi connectivity index (χ4n) is 2.63. The average Bonchev–Trinajstić information content (AvgIpc) is 3.06. The second-order valence-corrected chi connectivity index (χ2v) is 7.64. The number of hydrogen-bond donors (Lipinski definition) is 2. The van der Waals surface area contributed by atoms with E-state index in [0.29, 0.717) is 24.0 Å². The number of hydrogen-bond acceptors (Lipinski definition) is 8. The largest absolute Gasteiger partial charge is 0.494 e. The van der Waals surface area contributed by atoms with Gasteiger partial charge >= 0.3 is 5.97 Å². The summed E-state index contributed by atoms with van der Waals surface area (Å²) >= 11 is 1.14. The van der Waals surface area contributed by atoms with Gasteiger partial charge in [-0.25, -0.2) is 9.47 Å². The van der Waals surface area contributed by atoms with Crippen molar-refractivity contribution >= 4 is 23.6 Å². The van der Waals surface area contributed by atoms with Crippen molar-refractivity contribution in [2.24, 2.45) is 5.92 Å². The lowest BCUT2D eigenvalue weighted by atomic mass is 10.0. The molecule has 2 rings (SSSR count). The van der Waals surface area contributed by atoms with E-state index >= 15 is 0 Å². The lowest BCUT2D eigenvalue weighted by molar-refractivity contribution is -0.145. The van der Waals surface area contributed by atoms with Gasteiger partial charge < -0.3 is 20.6 Å². The molecule has 10 heteroatoms. The second-order valence-electron chi connectivity index (χ2n) is 6.70. The SMILES string of the molecule is CCOc1ccc(-c2nnc(SCC(=O)N[C@H](CC(C)C)C(=O)OC)n2N)cc1. The zero-order valence-electron chi connectivity index (χ0n) is 17.0. The number of nitrogen functional groups attached to an aromatic ring is 1. The van der Waals surface area contributed by atoms with Crippen molar-refractivity contribution < 1.29 is 19.1 Å². The van der Waals surface area contributed by atoms with Crippen molar-refractivity contribution in [2.45, 2.75) is 38.4 Å².